The van der Waals surface area contributed by atoms with Crippen molar-refractivity contribution in [3.8, 4) is 0 Å². The first-order valence-corrected chi connectivity index (χ1v) is 7.17. The van der Waals surface area contributed by atoms with Crippen molar-refractivity contribution in [2.75, 3.05) is 11.1 Å². The summed E-state index contributed by atoms with van der Waals surface area (Å²) in [5.74, 6) is -5.30. The van der Waals surface area contributed by atoms with Gasteiger partial charge in [0.25, 0.3) is 11.9 Å². The molecule has 19 heavy (non-hydrogen) atoms. The fourth-order valence-corrected chi connectivity index (χ4v) is 3.50. The molecule has 0 aliphatic heterocycles. The van der Waals surface area contributed by atoms with Crippen LogP contribution in [0.2, 0.25) is 0 Å². The lowest BCUT2D eigenvalue weighted by Gasteiger charge is -2.21. The van der Waals surface area contributed by atoms with E-state index in [9.17, 15) is 17.6 Å². The average molecular weight is 294 g/mol. The Morgan fingerprint density at radius 3 is 2.37 bits per heavy atom. The number of nitrogens with one attached hydrogen (secondary N) is 1. The van der Waals surface area contributed by atoms with E-state index in [0.29, 0.717) is 0 Å². The summed E-state index contributed by atoms with van der Waals surface area (Å²) in [6.45, 7) is 1.99. The molecule has 1 fully saturated rings. The van der Waals surface area contributed by atoms with Crippen molar-refractivity contribution in [2.24, 2.45) is 0 Å². The molecule has 1 aromatic rings. The van der Waals surface area contributed by atoms with Crippen LogP contribution in [0, 0.1) is 23.5 Å². The van der Waals surface area contributed by atoms with Crippen LogP contribution in [0.3, 0.4) is 0 Å². The van der Waals surface area contributed by atoms with Crippen molar-refractivity contribution in [1.82, 2.24) is 4.98 Å². The molecule has 0 amide bonds. The van der Waals surface area contributed by atoms with Crippen LogP contribution in [0.5, 0.6) is 0 Å². The minimum absolute atomic E-state index is 0.185. The highest BCUT2D eigenvalue weighted by Crippen LogP contribution is 2.33. The van der Waals surface area contributed by atoms with Crippen molar-refractivity contribution in [1.29, 1.82) is 0 Å². The number of anilines is 1. The van der Waals surface area contributed by atoms with Crippen LogP contribution < -0.4 is 5.32 Å². The summed E-state index contributed by atoms with van der Waals surface area (Å²) < 4.78 is 53.0. The van der Waals surface area contributed by atoms with Crippen LogP contribution in [0.1, 0.15) is 26.2 Å². The van der Waals surface area contributed by atoms with Gasteiger partial charge in [-0.3, -0.25) is 0 Å². The number of rotatable bonds is 4. The van der Waals surface area contributed by atoms with Crippen molar-refractivity contribution in [3.05, 3.63) is 23.5 Å². The molecule has 2 nitrogen and oxygen atoms in total. The minimum atomic E-state index is -1.63. The lowest BCUT2D eigenvalue weighted by Crippen LogP contribution is -2.28. The number of hydrogen-bond donors (Lipinski definition) is 1. The van der Waals surface area contributed by atoms with E-state index >= 15 is 0 Å². The molecule has 7 heteroatoms. The van der Waals surface area contributed by atoms with E-state index in [4.69, 9.17) is 0 Å². The average Bonchev–Trinajstić information content (AvgIpc) is 2.80. The molecule has 2 unspecified atom stereocenters. The zero-order valence-electron chi connectivity index (χ0n) is 10.4. The first-order chi connectivity index (χ1) is 9.04. The van der Waals surface area contributed by atoms with Gasteiger partial charge in [0.05, 0.1) is 0 Å². The van der Waals surface area contributed by atoms with E-state index in [0.717, 1.165) is 25.0 Å². The first kappa shape index (κ1) is 14.4. The molecule has 1 aliphatic rings. The monoisotopic (exact) mass is 294 g/mol. The Labute approximate surface area is 113 Å². The van der Waals surface area contributed by atoms with Crippen LogP contribution in [-0.4, -0.2) is 22.0 Å². The van der Waals surface area contributed by atoms with Gasteiger partial charge in [0.15, 0.2) is 0 Å². The molecular weight excluding hydrogens is 280 g/mol. The van der Waals surface area contributed by atoms with E-state index in [1.54, 1.807) is 11.8 Å². The number of pyridine rings is 1. The largest absolute Gasteiger partial charge is 0.376 e. The second-order valence-electron chi connectivity index (χ2n) is 4.37. The number of hydrogen-bond acceptors (Lipinski definition) is 3. The van der Waals surface area contributed by atoms with Crippen LogP contribution in [-0.2, 0) is 0 Å². The fraction of sp³-hybridized carbons (Fsp3) is 0.583. The van der Waals surface area contributed by atoms with E-state index in [1.165, 1.54) is 0 Å². The van der Waals surface area contributed by atoms with Crippen LogP contribution in [0.4, 0.5) is 23.2 Å². The van der Waals surface area contributed by atoms with Crippen molar-refractivity contribution >= 4 is 17.4 Å². The minimum Gasteiger partial charge on any atom is -0.376 e. The highest BCUT2D eigenvalue weighted by atomic mass is 32.2. The SMILES string of the molecule is CCSC1CCCC1Nc1c(F)c(F)nc(F)c1F. The van der Waals surface area contributed by atoms with Crippen molar-refractivity contribution in [3.63, 3.8) is 0 Å². The summed E-state index contributed by atoms with van der Waals surface area (Å²) in [5, 5.41) is 2.80. The Kier molecular flexibility index (Phi) is 4.54. The van der Waals surface area contributed by atoms with Crippen LogP contribution in [0.25, 0.3) is 0 Å². The van der Waals surface area contributed by atoms with Gasteiger partial charge in [-0.1, -0.05) is 13.3 Å². The fourth-order valence-electron chi connectivity index (χ4n) is 2.30. The molecule has 2 atom stereocenters. The highest BCUT2D eigenvalue weighted by molar-refractivity contribution is 7.99. The molecule has 1 heterocycles. The van der Waals surface area contributed by atoms with Gasteiger partial charge in [0, 0.05) is 11.3 Å². The Morgan fingerprint density at radius 1 is 1.16 bits per heavy atom. The maximum atomic E-state index is 13.5. The maximum Gasteiger partial charge on any atom is 0.253 e. The quantitative estimate of drug-likeness (QED) is 0.676. The zero-order valence-corrected chi connectivity index (χ0v) is 11.2. The predicted molar refractivity (Wildman–Crippen MR) is 67.3 cm³/mol. The Morgan fingerprint density at radius 2 is 1.79 bits per heavy atom. The third kappa shape index (κ3) is 2.96. The zero-order chi connectivity index (χ0) is 14.0. The number of halogens is 4. The van der Waals surface area contributed by atoms with Crippen LogP contribution in [0.15, 0.2) is 0 Å². The smallest absolute Gasteiger partial charge is 0.253 e. The molecule has 2 rings (SSSR count). The van der Waals surface area contributed by atoms with E-state index in [2.05, 4.69) is 10.3 Å². The normalized spacial score (nSPS) is 22.8. The topological polar surface area (TPSA) is 24.9 Å². The van der Waals surface area contributed by atoms with Gasteiger partial charge >= 0.3 is 0 Å². The number of thioether (sulfide) groups is 1. The van der Waals surface area contributed by atoms with Gasteiger partial charge in [0.1, 0.15) is 5.69 Å². The lowest BCUT2D eigenvalue weighted by molar-refractivity contribution is 0.409. The summed E-state index contributed by atoms with van der Waals surface area (Å²) >= 11 is 1.68. The summed E-state index contributed by atoms with van der Waals surface area (Å²) in [7, 11) is 0. The second kappa shape index (κ2) is 5.98. The Balaban J connectivity index is 2.23. The van der Waals surface area contributed by atoms with E-state index < -0.39 is 29.2 Å². The highest BCUT2D eigenvalue weighted by Gasteiger charge is 2.30. The molecule has 0 aromatic carbocycles. The second-order valence-corrected chi connectivity index (χ2v) is 5.89. The third-order valence-corrected chi connectivity index (χ3v) is 4.49. The summed E-state index contributed by atoms with van der Waals surface area (Å²) in [6.07, 6.45) is 2.58. The first-order valence-electron chi connectivity index (χ1n) is 6.12. The lowest BCUT2D eigenvalue weighted by atomic mass is 10.2. The van der Waals surface area contributed by atoms with Gasteiger partial charge in [-0.25, -0.2) is 0 Å². The molecule has 1 saturated carbocycles. The molecule has 1 N–H and O–H groups in total. The number of nitrogens with zero attached hydrogens (tertiary/aromatic N) is 1. The van der Waals surface area contributed by atoms with Gasteiger partial charge in [-0.15, -0.1) is 0 Å². The van der Waals surface area contributed by atoms with Gasteiger partial charge < -0.3 is 5.32 Å². The van der Waals surface area contributed by atoms with Crippen LogP contribution >= 0.6 is 11.8 Å². The molecule has 0 saturated heterocycles. The molecule has 0 bridgehead atoms. The van der Waals surface area contributed by atoms with Crippen molar-refractivity contribution < 1.29 is 17.6 Å². The summed E-state index contributed by atoms with van der Waals surface area (Å²) in [6, 6.07) is -0.185. The maximum absolute atomic E-state index is 13.5. The van der Waals surface area contributed by atoms with Crippen molar-refractivity contribution in [2.45, 2.75) is 37.5 Å². The predicted octanol–water partition coefficient (Wildman–Crippen LogP) is 3.72. The van der Waals surface area contributed by atoms with E-state index in [-0.39, 0.29) is 11.3 Å². The molecule has 106 valence electrons. The van der Waals surface area contributed by atoms with E-state index in [1.807, 2.05) is 6.92 Å². The van der Waals surface area contributed by atoms with Gasteiger partial charge in [0.2, 0.25) is 11.6 Å². The van der Waals surface area contributed by atoms with Gasteiger partial charge in [-0.2, -0.15) is 34.3 Å². The van der Waals surface area contributed by atoms with Gasteiger partial charge in [-0.05, 0) is 18.6 Å². The Hall–Kier alpha value is -0.980. The molecule has 1 aromatic heterocycles. The molecule has 0 radical (unpaired) electrons. The molecular formula is C12H14F4N2S. The Bertz CT molecular complexity index is 443. The molecule has 1 aliphatic carbocycles. The summed E-state index contributed by atoms with van der Waals surface area (Å²) in [5.41, 5.74) is -0.751. The summed E-state index contributed by atoms with van der Waals surface area (Å²) in [4.78, 5) is 2.53. The third-order valence-electron chi connectivity index (χ3n) is 3.16. The number of aromatic nitrogens is 1. The molecule has 0 spiro atoms. The standard InChI is InChI=1S/C12H14F4N2S/c1-2-19-7-5-3-4-6(7)17-10-8(13)11(15)18-12(16)9(10)14/h6-7H,2-5H2,1H3,(H,17,18).